The van der Waals surface area contributed by atoms with Gasteiger partial charge in [0.15, 0.2) is 0 Å². The first-order valence-corrected chi connectivity index (χ1v) is 10.7. The second-order valence-corrected chi connectivity index (χ2v) is 8.15. The number of nitriles is 1. The van der Waals surface area contributed by atoms with E-state index in [1.807, 2.05) is 13.0 Å². The average Bonchev–Trinajstić information content (AvgIpc) is 3.23. The lowest BCUT2D eigenvalue weighted by atomic mass is 10.1. The van der Waals surface area contributed by atoms with Gasteiger partial charge in [-0.3, -0.25) is 14.3 Å². The molecule has 0 saturated carbocycles. The highest BCUT2D eigenvalue weighted by atomic mass is 19.4. The summed E-state index contributed by atoms with van der Waals surface area (Å²) in [6, 6.07) is 14.8. The minimum Gasteiger partial charge on any atom is -0.322 e. The highest BCUT2D eigenvalue weighted by Crippen LogP contribution is 2.27. The van der Waals surface area contributed by atoms with Gasteiger partial charge in [-0.1, -0.05) is 18.2 Å². The van der Waals surface area contributed by atoms with Gasteiger partial charge in [-0.15, -0.1) is 0 Å². The van der Waals surface area contributed by atoms with Crippen LogP contribution in [0.5, 0.6) is 0 Å². The van der Waals surface area contributed by atoms with E-state index in [0.29, 0.717) is 29.0 Å². The highest BCUT2D eigenvalue weighted by Gasteiger charge is 2.35. The van der Waals surface area contributed by atoms with Gasteiger partial charge in [0.25, 0.3) is 11.8 Å². The fourth-order valence-electron chi connectivity index (χ4n) is 3.92. The summed E-state index contributed by atoms with van der Waals surface area (Å²) in [5.74, 6) is -0.949. The van der Waals surface area contributed by atoms with Crippen LogP contribution in [0.25, 0.3) is 0 Å². The Bertz CT molecular complexity index is 1290. The second kappa shape index (κ2) is 9.60. The van der Waals surface area contributed by atoms with Crippen LogP contribution in [0.1, 0.15) is 38.9 Å². The van der Waals surface area contributed by atoms with Crippen molar-refractivity contribution < 1.29 is 22.8 Å². The van der Waals surface area contributed by atoms with Gasteiger partial charge in [0, 0.05) is 17.9 Å². The summed E-state index contributed by atoms with van der Waals surface area (Å²) in [7, 11) is 0. The van der Waals surface area contributed by atoms with Crippen molar-refractivity contribution in [3.05, 3.63) is 77.1 Å². The van der Waals surface area contributed by atoms with E-state index in [-0.39, 0.29) is 23.8 Å². The summed E-state index contributed by atoms with van der Waals surface area (Å²) in [6.07, 6.45) is -2.95. The van der Waals surface area contributed by atoms with Gasteiger partial charge in [-0.05, 0) is 42.8 Å². The standard InChI is InChI=1S/C24H21F3N6O2/c1-15-13-32-21(20(12-30-32)22(34)31-18-4-2-3-17(9-18)10-28)23(35)33(15)19-7-5-16(6-8-19)11-29-14-24(25,26)27/h2-9,12,15,29H,11,13-14H2,1H3,(H,31,34). The zero-order chi connectivity index (χ0) is 25.2. The average molecular weight is 482 g/mol. The molecule has 4 rings (SSSR count). The summed E-state index contributed by atoms with van der Waals surface area (Å²) in [4.78, 5) is 27.9. The Balaban J connectivity index is 1.53. The summed E-state index contributed by atoms with van der Waals surface area (Å²) >= 11 is 0. The molecule has 0 fully saturated rings. The van der Waals surface area contributed by atoms with Gasteiger partial charge in [0.2, 0.25) is 0 Å². The van der Waals surface area contributed by atoms with Gasteiger partial charge in [-0.25, -0.2) is 0 Å². The number of aromatic nitrogens is 2. The minimum atomic E-state index is -4.29. The maximum atomic E-state index is 13.4. The number of anilines is 2. The molecule has 0 spiro atoms. The van der Waals surface area contributed by atoms with E-state index in [9.17, 15) is 22.8 Å². The number of benzene rings is 2. The lowest BCUT2D eigenvalue weighted by Gasteiger charge is -2.34. The van der Waals surface area contributed by atoms with Crippen molar-refractivity contribution in [3.63, 3.8) is 0 Å². The van der Waals surface area contributed by atoms with E-state index in [0.717, 1.165) is 0 Å². The molecule has 2 amide bonds. The molecule has 2 heterocycles. The van der Waals surface area contributed by atoms with Crippen molar-refractivity contribution in [2.75, 3.05) is 16.8 Å². The molecule has 11 heteroatoms. The number of fused-ring (bicyclic) bond motifs is 1. The van der Waals surface area contributed by atoms with Crippen LogP contribution in [0.4, 0.5) is 24.5 Å². The zero-order valence-electron chi connectivity index (χ0n) is 18.6. The monoisotopic (exact) mass is 482 g/mol. The third kappa shape index (κ3) is 5.33. The highest BCUT2D eigenvalue weighted by molar-refractivity contribution is 6.15. The number of halogens is 3. The van der Waals surface area contributed by atoms with Crippen molar-refractivity contribution in [1.82, 2.24) is 15.1 Å². The van der Waals surface area contributed by atoms with E-state index in [1.54, 1.807) is 42.5 Å². The first-order chi connectivity index (χ1) is 16.7. The third-order valence-electron chi connectivity index (χ3n) is 5.50. The van der Waals surface area contributed by atoms with Crippen LogP contribution in [-0.4, -0.2) is 40.4 Å². The van der Waals surface area contributed by atoms with Gasteiger partial charge >= 0.3 is 6.18 Å². The predicted molar refractivity (Wildman–Crippen MR) is 122 cm³/mol. The van der Waals surface area contributed by atoms with Crippen molar-refractivity contribution in [2.45, 2.75) is 32.2 Å². The lowest BCUT2D eigenvalue weighted by Crippen LogP contribution is -2.47. The molecule has 0 saturated heterocycles. The molecule has 1 unspecified atom stereocenters. The first kappa shape index (κ1) is 24.0. The van der Waals surface area contributed by atoms with Crippen LogP contribution in [0.2, 0.25) is 0 Å². The SMILES string of the molecule is CC1Cn2ncc(C(=O)Nc3cccc(C#N)c3)c2C(=O)N1c1ccc(CNCC(F)(F)F)cc1. The smallest absolute Gasteiger partial charge is 0.322 e. The Labute approximate surface area is 199 Å². The van der Waals surface area contributed by atoms with E-state index in [2.05, 4.69) is 15.7 Å². The Morgan fingerprint density at radius 2 is 1.97 bits per heavy atom. The van der Waals surface area contributed by atoms with Crippen LogP contribution < -0.4 is 15.5 Å². The van der Waals surface area contributed by atoms with Crippen molar-refractivity contribution in [2.24, 2.45) is 0 Å². The molecule has 0 bridgehead atoms. The number of alkyl halides is 3. The van der Waals surface area contributed by atoms with Crippen LogP contribution in [0.15, 0.2) is 54.7 Å². The third-order valence-corrected chi connectivity index (χ3v) is 5.50. The Kier molecular flexibility index (Phi) is 6.57. The molecule has 35 heavy (non-hydrogen) atoms. The molecular formula is C24H21F3N6O2. The van der Waals surface area contributed by atoms with Crippen molar-refractivity contribution in [3.8, 4) is 6.07 Å². The number of nitrogens with one attached hydrogen (secondary N) is 2. The molecule has 1 aromatic heterocycles. The summed E-state index contributed by atoms with van der Waals surface area (Å²) in [5.41, 5.74) is 2.22. The zero-order valence-corrected chi connectivity index (χ0v) is 18.6. The molecule has 0 aliphatic carbocycles. The lowest BCUT2D eigenvalue weighted by molar-refractivity contribution is -0.125. The maximum Gasteiger partial charge on any atom is 0.401 e. The van der Waals surface area contributed by atoms with Gasteiger partial charge in [0.1, 0.15) is 5.69 Å². The number of carbonyl (C=O) groups excluding carboxylic acids is 2. The molecular weight excluding hydrogens is 461 g/mol. The van der Waals surface area contributed by atoms with Gasteiger partial charge in [-0.2, -0.15) is 23.5 Å². The molecule has 3 aromatic rings. The topological polar surface area (TPSA) is 103 Å². The number of amides is 2. The van der Waals surface area contributed by atoms with E-state index in [4.69, 9.17) is 5.26 Å². The minimum absolute atomic E-state index is 0.0351. The number of hydrogen-bond donors (Lipinski definition) is 2. The Morgan fingerprint density at radius 3 is 2.66 bits per heavy atom. The molecule has 0 radical (unpaired) electrons. The summed E-state index contributed by atoms with van der Waals surface area (Å²) in [6.45, 7) is 1.14. The van der Waals surface area contributed by atoms with Gasteiger partial charge < -0.3 is 15.5 Å². The number of carbonyl (C=O) groups is 2. The molecule has 1 aliphatic heterocycles. The fourth-order valence-corrected chi connectivity index (χ4v) is 3.92. The quantitative estimate of drug-likeness (QED) is 0.558. The molecule has 1 aliphatic rings. The van der Waals surface area contributed by atoms with Crippen LogP contribution in [-0.2, 0) is 13.1 Å². The second-order valence-electron chi connectivity index (χ2n) is 8.15. The Morgan fingerprint density at radius 1 is 1.23 bits per heavy atom. The molecule has 180 valence electrons. The first-order valence-electron chi connectivity index (χ1n) is 10.7. The summed E-state index contributed by atoms with van der Waals surface area (Å²) in [5, 5.41) is 18.3. The number of nitrogens with zero attached hydrogens (tertiary/aromatic N) is 4. The normalized spacial score (nSPS) is 15.5. The number of rotatable bonds is 6. The maximum absolute atomic E-state index is 13.4. The number of hydrogen-bond acceptors (Lipinski definition) is 5. The van der Waals surface area contributed by atoms with Crippen molar-refractivity contribution >= 4 is 23.2 Å². The van der Waals surface area contributed by atoms with Crippen LogP contribution in [0.3, 0.4) is 0 Å². The predicted octanol–water partition coefficient (Wildman–Crippen LogP) is 3.71. The molecule has 2 aromatic carbocycles. The summed E-state index contributed by atoms with van der Waals surface area (Å²) < 4.78 is 38.5. The fraction of sp³-hybridized carbons (Fsp3) is 0.250. The van der Waals surface area contributed by atoms with Gasteiger partial charge in [0.05, 0.1) is 42.5 Å². The largest absolute Gasteiger partial charge is 0.401 e. The van der Waals surface area contributed by atoms with E-state index < -0.39 is 24.5 Å². The Hall–Kier alpha value is -4.17. The van der Waals surface area contributed by atoms with E-state index >= 15 is 0 Å². The van der Waals surface area contributed by atoms with Crippen LogP contribution in [0, 0.1) is 11.3 Å². The van der Waals surface area contributed by atoms with E-state index in [1.165, 1.54) is 21.8 Å². The molecule has 8 nitrogen and oxygen atoms in total. The van der Waals surface area contributed by atoms with Crippen molar-refractivity contribution in [1.29, 1.82) is 5.26 Å². The molecule has 1 atom stereocenters. The van der Waals surface area contributed by atoms with Crippen LogP contribution >= 0.6 is 0 Å². The molecule has 2 N–H and O–H groups in total.